The maximum absolute atomic E-state index is 6.10. The topological polar surface area (TPSA) is 48.1 Å². The Kier molecular flexibility index (Phi) is 3.84. The van der Waals surface area contributed by atoms with Gasteiger partial charge in [0.05, 0.1) is 0 Å². The van der Waals surface area contributed by atoms with Crippen LogP contribution in [-0.4, -0.2) is 4.98 Å². The smallest absolute Gasteiger partial charge is 0.238 e. The average Bonchev–Trinajstić information content (AvgIpc) is 2.35. The molecule has 1 aromatic heterocycles. The minimum absolute atomic E-state index is 0.344. The highest BCUT2D eigenvalue weighted by Crippen LogP contribution is 2.29. The summed E-state index contributed by atoms with van der Waals surface area (Å²) in [6, 6.07) is 8.72. The lowest BCUT2D eigenvalue weighted by atomic mass is 10.2. The van der Waals surface area contributed by atoms with Crippen molar-refractivity contribution < 1.29 is 4.74 Å². The highest BCUT2D eigenvalue weighted by atomic mass is 35.5. The Hall–Kier alpha value is -1.29. The van der Waals surface area contributed by atoms with Crippen molar-refractivity contribution in [3.8, 4) is 11.6 Å². The van der Waals surface area contributed by atoms with Crippen molar-refractivity contribution in [2.75, 3.05) is 0 Å². The molecule has 0 amide bonds. The van der Waals surface area contributed by atoms with Gasteiger partial charge in [-0.25, -0.2) is 4.98 Å². The summed E-state index contributed by atoms with van der Waals surface area (Å²) in [6.07, 6.45) is 1.61. The average molecular weight is 269 g/mol. The summed E-state index contributed by atoms with van der Waals surface area (Å²) in [5, 5.41) is 1.08. The summed E-state index contributed by atoms with van der Waals surface area (Å²) in [7, 11) is 0. The van der Waals surface area contributed by atoms with Gasteiger partial charge in [0.15, 0.2) is 0 Å². The zero-order valence-corrected chi connectivity index (χ0v) is 10.4. The third-order valence-corrected chi connectivity index (χ3v) is 2.84. The zero-order chi connectivity index (χ0) is 12.3. The van der Waals surface area contributed by atoms with Gasteiger partial charge in [-0.3, -0.25) is 0 Å². The number of aromatic nitrogens is 1. The maximum atomic E-state index is 6.10. The zero-order valence-electron chi connectivity index (χ0n) is 8.86. The van der Waals surface area contributed by atoms with Crippen LogP contribution in [0.4, 0.5) is 0 Å². The van der Waals surface area contributed by atoms with Gasteiger partial charge >= 0.3 is 0 Å². The van der Waals surface area contributed by atoms with E-state index in [0.29, 0.717) is 28.2 Å². The summed E-state index contributed by atoms with van der Waals surface area (Å²) in [6.45, 7) is 0.346. The molecule has 0 saturated carbocycles. The lowest BCUT2D eigenvalue weighted by molar-refractivity contribution is 0.462. The fourth-order valence-corrected chi connectivity index (χ4v) is 1.66. The molecule has 0 spiro atoms. The maximum Gasteiger partial charge on any atom is 0.238 e. The molecule has 0 aliphatic carbocycles. The lowest BCUT2D eigenvalue weighted by Crippen LogP contribution is -1.99. The number of hydrogen-bond acceptors (Lipinski definition) is 3. The monoisotopic (exact) mass is 268 g/mol. The first-order valence-electron chi connectivity index (χ1n) is 4.97. The summed E-state index contributed by atoms with van der Waals surface area (Å²) >= 11 is 11.9. The highest BCUT2D eigenvalue weighted by Gasteiger charge is 2.08. The van der Waals surface area contributed by atoms with Crippen LogP contribution in [0.25, 0.3) is 0 Å². The van der Waals surface area contributed by atoms with Crippen LogP contribution < -0.4 is 10.5 Å². The molecule has 0 aliphatic heterocycles. The van der Waals surface area contributed by atoms with Gasteiger partial charge in [0.2, 0.25) is 5.88 Å². The fourth-order valence-electron chi connectivity index (χ4n) is 1.31. The van der Waals surface area contributed by atoms with Crippen molar-refractivity contribution >= 4 is 23.2 Å². The van der Waals surface area contributed by atoms with E-state index in [1.165, 1.54) is 0 Å². The van der Waals surface area contributed by atoms with Crippen molar-refractivity contribution in [1.29, 1.82) is 0 Å². The first-order chi connectivity index (χ1) is 8.20. The van der Waals surface area contributed by atoms with E-state index < -0.39 is 0 Å². The minimum atomic E-state index is 0.344. The number of ether oxygens (including phenoxy) is 1. The van der Waals surface area contributed by atoms with E-state index in [0.717, 1.165) is 5.56 Å². The number of hydrogen-bond donors (Lipinski definition) is 1. The second-order valence-corrected chi connectivity index (χ2v) is 4.16. The molecule has 1 heterocycles. The van der Waals surface area contributed by atoms with Crippen LogP contribution in [0.1, 0.15) is 5.56 Å². The third-order valence-electron chi connectivity index (χ3n) is 2.19. The predicted octanol–water partition coefficient (Wildman–Crippen LogP) is 3.64. The highest BCUT2D eigenvalue weighted by molar-refractivity contribution is 6.32. The number of pyridine rings is 1. The molecule has 0 radical (unpaired) electrons. The van der Waals surface area contributed by atoms with Crippen LogP contribution in [0.15, 0.2) is 36.5 Å². The molecule has 5 heteroatoms. The molecule has 3 nitrogen and oxygen atoms in total. The van der Waals surface area contributed by atoms with Gasteiger partial charge in [0, 0.05) is 17.8 Å². The van der Waals surface area contributed by atoms with E-state index in [9.17, 15) is 0 Å². The molecule has 1 aromatic carbocycles. The molecule has 0 atom stereocenters. The Labute approximate surface area is 109 Å². The van der Waals surface area contributed by atoms with Crippen LogP contribution in [0.2, 0.25) is 10.0 Å². The number of halogens is 2. The third kappa shape index (κ3) is 2.88. The molecule has 0 fully saturated rings. The van der Waals surface area contributed by atoms with Crippen molar-refractivity contribution in [1.82, 2.24) is 4.98 Å². The lowest BCUT2D eigenvalue weighted by Gasteiger charge is -2.08. The second kappa shape index (κ2) is 5.36. The van der Waals surface area contributed by atoms with E-state index in [1.807, 2.05) is 0 Å². The molecule has 0 aliphatic rings. The molecule has 2 rings (SSSR count). The molecule has 88 valence electrons. The fraction of sp³-hybridized carbons (Fsp3) is 0.0833. The van der Waals surface area contributed by atoms with Gasteiger partial charge in [-0.15, -0.1) is 0 Å². The SMILES string of the molecule is NCc1ccnc(Oc2ccc(Cl)cc2)c1Cl. The Morgan fingerprint density at radius 2 is 1.82 bits per heavy atom. The van der Waals surface area contributed by atoms with E-state index in [4.69, 9.17) is 33.7 Å². The number of rotatable bonds is 3. The Bertz CT molecular complexity index is 514. The minimum Gasteiger partial charge on any atom is -0.438 e. The van der Waals surface area contributed by atoms with E-state index in [1.54, 1.807) is 36.5 Å². The largest absolute Gasteiger partial charge is 0.438 e. The molecule has 0 saturated heterocycles. The van der Waals surface area contributed by atoms with Gasteiger partial charge in [0.1, 0.15) is 10.8 Å². The van der Waals surface area contributed by atoms with Gasteiger partial charge in [-0.05, 0) is 35.9 Å². The first kappa shape index (κ1) is 12.2. The molecule has 2 aromatic rings. The van der Waals surface area contributed by atoms with Crippen LogP contribution in [0.5, 0.6) is 11.6 Å². The van der Waals surface area contributed by atoms with Crippen LogP contribution in [0.3, 0.4) is 0 Å². The summed E-state index contributed by atoms with van der Waals surface area (Å²) in [4.78, 5) is 4.06. The van der Waals surface area contributed by atoms with E-state index in [2.05, 4.69) is 4.98 Å². The molecule has 0 bridgehead atoms. The van der Waals surface area contributed by atoms with Crippen molar-refractivity contribution in [3.05, 3.63) is 52.1 Å². The number of nitrogens with zero attached hydrogens (tertiary/aromatic N) is 1. The van der Waals surface area contributed by atoms with Crippen LogP contribution in [0, 0.1) is 0 Å². The summed E-state index contributed by atoms with van der Waals surface area (Å²) < 4.78 is 5.55. The van der Waals surface area contributed by atoms with E-state index in [-0.39, 0.29) is 0 Å². The first-order valence-corrected chi connectivity index (χ1v) is 5.73. The number of benzene rings is 1. The molecular weight excluding hydrogens is 259 g/mol. The normalized spacial score (nSPS) is 10.3. The molecule has 2 N–H and O–H groups in total. The Morgan fingerprint density at radius 3 is 2.47 bits per heavy atom. The predicted molar refractivity (Wildman–Crippen MR) is 68.7 cm³/mol. The van der Waals surface area contributed by atoms with Crippen LogP contribution >= 0.6 is 23.2 Å². The Balaban J connectivity index is 2.27. The second-order valence-electron chi connectivity index (χ2n) is 3.35. The van der Waals surface area contributed by atoms with Crippen molar-refractivity contribution in [2.24, 2.45) is 5.73 Å². The van der Waals surface area contributed by atoms with Gasteiger partial charge in [-0.1, -0.05) is 23.2 Å². The van der Waals surface area contributed by atoms with Gasteiger partial charge < -0.3 is 10.5 Å². The molecule has 0 unspecified atom stereocenters. The van der Waals surface area contributed by atoms with Crippen molar-refractivity contribution in [2.45, 2.75) is 6.54 Å². The van der Waals surface area contributed by atoms with E-state index >= 15 is 0 Å². The van der Waals surface area contributed by atoms with Gasteiger partial charge in [-0.2, -0.15) is 0 Å². The van der Waals surface area contributed by atoms with Crippen molar-refractivity contribution in [3.63, 3.8) is 0 Å². The molecule has 17 heavy (non-hydrogen) atoms. The standard InChI is InChI=1S/C12H10Cl2N2O/c13-9-1-3-10(4-2-9)17-12-11(14)8(7-15)5-6-16-12/h1-6H,7,15H2. The number of nitrogens with two attached hydrogens (primary N) is 1. The quantitative estimate of drug-likeness (QED) is 0.925. The summed E-state index contributed by atoms with van der Waals surface area (Å²) in [5.74, 6) is 0.968. The Morgan fingerprint density at radius 1 is 1.12 bits per heavy atom. The van der Waals surface area contributed by atoms with Gasteiger partial charge in [0.25, 0.3) is 0 Å². The molecular formula is C12H10Cl2N2O. The summed E-state index contributed by atoms with van der Waals surface area (Å²) in [5.41, 5.74) is 6.34. The van der Waals surface area contributed by atoms with Crippen LogP contribution in [-0.2, 0) is 6.54 Å².